The molecule has 1 amide bonds. The third-order valence-corrected chi connectivity index (χ3v) is 4.07. The summed E-state index contributed by atoms with van der Waals surface area (Å²) in [4.78, 5) is 17.4. The number of hydrogen-bond donors (Lipinski definition) is 1. The average molecular weight is 329 g/mol. The molecule has 0 atom stereocenters. The molecule has 0 aliphatic rings. The second-order valence-electron chi connectivity index (χ2n) is 4.37. The number of carbonyl (C=O) groups excluding carboxylic acids is 1. The Balaban J connectivity index is 2.23. The van der Waals surface area contributed by atoms with Gasteiger partial charge in [0.15, 0.2) is 0 Å². The summed E-state index contributed by atoms with van der Waals surface area (Å²) >= 11 is 13.2. The number of aryl methyl sites for hydroxylation is 2. The second-order valence-corrected chi connectivity index (χ2v) is 6.45. The Labute approximate surface area is 131 Å². The van der Waals surface area contributed by atoms with Gasteiger partial charge in [0, 0.05) is 15.7 Å². The van der Waals surface area contributed by atoms with Gasteiger partial charge in [-0.25, -0.2) is 4.98 Å². The van der Waals surface area contributed by atoms with E-state index in [9.17, 15) is 4.79 Å². The van der Waals surface area contributed by atoms with Crippen molar-refractivity contribution in [2.75, 3.05) is 5.32 Å². The molecule has 0 radical (unpaired) electrons. The van der Waals surface area contributed by atoms with Gasteiger partial charge in [0.25, 0.3) is 5.91 Å². The van der Waals surface area contributed by atoms with Gasteiger partial charge in [-0.05, 0) is 31.5 Å². The van der Waals surface area contributed by atoms with Gasteiger partial charge in [-0.3, -0.25) is 4.79 Å². The van der Waals surface area contributed by atoms with E-state index in [-0.39, 0.29) is 5.91 Å². The Morgan fingerprint density at radius 3 is 2.55 bits per heavy atom. The molecule has 106 valence electrons. The number of benzene rings is 1. The normalized spacial score (nSPS) is 10.6. The van der Waals surface area contributed by atoms with Crippen LogP contribution in [0.1, 0.15) is 33.7 Å². The van der Waals surface area contributed by atoms with E-state index in [0.717, 1.165) is 23.5 Å². The van der Waals surface area contributed by atoms with E-state index >= 15 is 0 Å². The molecule has 0 aliphatic carbocycles. The van der Waals surface area contributed by atoms with Crippen molar-refractivity contribution in [1.82, 2.24) is 4.98 Å². The van der Waals surface area contributed by atoms with Crippen LogP contribution in [-0.4, -0.2) is 10.9 Å². The van der Waals surface area contributed by atoms with Crippen molar-refractivity contribution in [1.29, 1.82) is 0 Å². The van der Waals surface area contributed by atoms with E-state index in [2.05, 4.69) is 17.2 Å². The molecule has 1 aromatic carbocycles. The molecule has 1 aromatic heterocycles. The van der Waals surface area contributed by atoms with E-state index in [0.29, 0.717) is 20.6 Å². The lowest BCUT2D eigenvalue weighted by molar-refractivity contribution is 0.102. The molecular formula is C14H14Cl2N2OS. The van der Waals surface area contributed by atoms with Crippen LogP contribution in [0.5, 0.6) is 0 Å². The summed E-state index contributed by atoms with van der Waals surface area (Å²) in [6, 6.07) is 4.95. The quantitative estimate of drug-likeness (QED) is 0.861. The fraction of sp³-hybridized carbons (Fsp3) is 0.286. The monoisotopic (exact) mass is 328 g/mol. The minimum Gasteiger partial charge on any atom is -0.321 e. The third kappa shape index (κ3) is 3.72. The summed E-state index contributed by atoms with van der Waals surface area (Å²) < 4.78 is 0. The average Bonchev–Trinajstić information content (AvgIpc) is 2.69. The molecular weight excluding hydrogens is 315 g/mol. The maximum Gasteiger partial charge on any atom is 0.267 e. The van der Waals surface area contributed by atoms with Crippen molar-refractivity contribution in [3.05, 3.63) is 43.8 Å². The van der Waals surface area contributed by atoms with E-state index in [1.165, 1.54) is 11.3 Å². The van der Waals surface area contributed by atoms with Crippen molar-refractivity contribution >= 4 is 46.1 Å². The number of amides is 1. The van der Waals surface area contributed by atoms with Crippen molar-refractivity contribution < 1.29 is 4.79 Å². The first-order valence-corrected chi connectivity index (χ1v) is 7.80. The number of aromatic nitrogens is 1. The fourth-order valence-electron chi connectivity index (χ4n) is 1.87. The van der Waals surface area contributed by atoms with E-state index < -0.39 is 0 Å². The lowest BCUT2D eigenvalue weighted by atomic mass is 10.2. The molecule has 0 aliphatic heterocycles. The van der Waals surface area contributed by atoms with E-state index in [1.54, 1.807) is 18.2 Å². The van der Waals surface area contributed by atoms with Crippen LogP contribution in [0.4, 0.5) is 5.69 Å². The number of nitrogens with zero attached hydrogens (tertiary/aromatic N) is 1. The molecule has 2 aromatic rings. The maximum absolute atomic E-state index is 12.3. The summed E-state index contributed by atoms with van der Waals surface area (Å²) in [6.45, 7) is 3.96. The minimum atomic E-state index is -0.169. The molecule has 0 spiro atoms. The van der Waals surface area contributed by atoms with Crippen molar-refractivity contribution in [2.45, 2.75) is 26.7 Å². The summed E-state index contributed by atoms with van der Waals surface area (Å²) in [5, 5.41) is 4.68. The highest BCUT2D eigenvalue weighted by molar-refractivity contribution is 7.13. The van der Waals surface area contributed by atoms with Crippen LogP contribution in [0, 0.1) is 6.92 Å². The number of thiazole rings is 1. The minimum absolute atomic E-state index is 0.169. The van der Waals surface area contributed by atoms with Crippen LogP contribution < -0.4 is 5.32 Å². The molecule has 1 N–H and O–H groups in total. The Bertz CT molecular complexity index is 620. The SMILES string of the molecule is CCCc1nc(C)sc1C(=O)Nc1cc(Cl)cc(Cl)c1. The Morgan fingerprint density at radius 1 is 1.30 bits per heavy atom. The van der Waals surface area contributed by atoms with Gasteiger partial charge in [0.1, 0.15) is 4.88 Å². The number of anilines is 1. The zero-order valence-electron chi connectivity index (χ0n) is 11.2. The van der Waals surface area contributed by atoms with Crippen LogP contribution in [0.15, 0.2) is 18.2 Å². The molecule has 1 heterocycles. The standard InChI is InChI=1S/C14H14Cl2N2OS/c1-3-4-12-13(20-8(2)17-12)14(19)18-11-6-9(15)5-10(16)7-11/h5-7H,3-4H2,1-2H3,(H,18,19). The Kier molecular flexibility index (Phi) is 5.02. The lowest BCUT2D eigenvalue weighted by Crippen LogP contribution is -2.12. The maximum atomic E-state index is 12.3. The number of carbonyl (C=O) groups is 1. The number of rotatable bonds is 4. The van der Waals surface area contributed by atoms with Crippen LogP contribution >= 0.6 is 34.5 Å². The van der Waals surface area contributed by atoms with Gasteiger partial charge < -0.3 is 5.32 Å². The number of halogens is 2. The first-order valence-electron chi connectivity index (χ1n) is 6.23. The molecule has 0 saturated carbocycles. The predicted molar refractivity (Wildman–Crippen MR) is 85.3 cm³/mol. The van der Waals surface area contributed by atoms with Crippen molar-refractivity contribution in [2.24, 2.45) is 0 Å². The van der Waals surface area contributed by atoms with Crippen LogP contribution in [0.3, 0.4) is 0 Å². The van der Waals surface area contributed by atoms with Gasteiger partial charge in [0.2, 0.25) is 0 Å². The smallest absolute Gasteiger partial charge is 0.267 e. The topological polar surface area (TPSA) is 42.0 Å². The largest absolute Gasteiger partial charge is 0.321 e. The fourth-order valence-corrected chi connectivity index (χ4v) is 3.25. The summed E-state index contributed by atoms with van der Waals surface area (Å²) in [5.74, 6) is -0.169. The first kappa shape index (κ1) is 15.3. The summed E-state index contributed by atoms with van der Waals surface area (Å²) in [5.41, 5.74) is 1.43. The molecule has 2 rings (SSSR count). The van der Waals surface area contributed by atoms with Crippen molar-refractivity contribution in [3.63, 3.8) is 0 Å². The van der Waals surface area contributed by atoms with Gasteiger partial charge in [-0.15, -0.1) is 11.3 Å². The summed E-state index contributed by atoms with van der Waals surface area (Å²) in [7, 11) is 0. The molecule has 0 saturated heterocycles. The van der Waals surface area contributed by atoms with Gasteiger partial charge in [0.05, 0.1) is 10.7 Å². The number of nitrogens with one attached hydrogen (secondary N) is 1. The predicted octanol–water partition coefficient (Wildman–Crippen LogP) is 4.96. The second kappa shape index (κ2) is 6.57. The molecule has 6 heteroatoms. The van der Waals surface area contributed by atoms with Gasteiger partial charge in [-0.2, -0.15) is 0 Å². The van der Waals surface area contributed by atoms with Gasteiger partial charge in [-0.1, -0.05) is 36.5 Å². The highest BCUT2D eigenvalue weighted by Gasteiger charge is 2.16. The summed E-state index contributed by atoms with van der Waals surface area (Å²) in [6.07, 6.45) is 1.75. The number of hydrogen-bond acceptors (Lipinski definition) is 3. The highest BCUT2D eigenvalue weighted by Crippen LogP contribution is 2.25. The Morgan fingerprint density at radius 2 is 1.95 bits per heavy atom. The first-order chi connectivity index (χ1) is 9.49. The van der Waals surface area contributed by atoms with E-state index in [1.807, 2.05) is 6.92 Å². The Hall–Kier alpha value is -1.10. The molecule has 0 unspecified atom stereocenters. The third-order valence-electron chi connectivity index (χ3n) is 2.62. The van der Waals surface area contributed by atoms with E-state index in [4.69, 9.17) is 23.2 Å². The molecule has 20 heavy (non-hydrogen) atoms. The highest BCUT2D eigenvalue weighted by atomic mass is 35.5. The molecule has 0 bridgehead atoms. The zero-order chi connectivity index (χ0) is 14.7. The van der Waals surface area contributed by atoms with Crippen molar-refractivity contribution in [3.8, 4) is 0 Å². The van der Waals surface area contributed by atoms with Crippen LogP contribution in [0.2, 0.25) is 10.0 Å². The van der Waals surface area contributed by atoms with Crippen LogP contribution in [0.25, 0.3) is 0 Å². The zero-order valence-corrected chi connectivity index (χ0v) is 13.5. The van der Waals surface area contributed by atoms with Crippen LogP contribution in [-0.2, 0) is 6.42 Å². The van der Waals surface area contributed by atoms with Gasteiger partial charge >= 0.3 is 0 Å². The molecule has 0 fully saturated rings. The lowest BCUT2D eigenvalue weighted by Gasteiger charge is -2.06. The molecule has 3 nitrogen and oxygen atoms in total.